The number of nitriles is 1. The Hall–Kier alpha value is -4.53. The number of nitrogens with zero attached hydrogens (tertiary/aromatic N) is 7. The number of benzene rings is 1. The van der Waals surface area contributed by atoms with Gasteiger partial charge in [0.1, 0.15) is 35.2 Å². The molecule has 3 heterocycles. The lowest BCUT2D eigenvalue weighted by molar-refractivity contribution is -0.140. The van der Waals surface area contributed by atoms with E-state index in [1.807, 2.05) is 0 Å². The van der Waals surface area contributed by atoms with Crippen LogP contribution in [0, 0.1) is 11.3 Å². The van der Waals surface area contributed by atoms with Gasteiger partial charge in [0.25, 0.3) is 0 Å². The minimum absolute atomic E-state index is 0.199. The molecule has 0 radical (unpaired) electrons. The standard InChI is InChI=1S/C27H25F3N8O/c1-15(2)38-13-20(27(28,29)30)36-25(38)18-6-4-16(5-7-18)11-32-23-19(10-31)12-33-24(37-23)21-22(17-8-9-17)34-14-35-26(21)39-3/h4-7,12-15,17H,8-9,11H2,1-3H3,(H,32,33,37). The van der Waals surface area contributed by atoms with E-state index in [0.717, 1.165) is 30.3 Å². The zero-order chi connectivity index (χ0) is 27.7. The van der Waals surface area contributed by atoms with Gasteiger partial charge in [0.05, 0.1) is 19.0 Å². The Labute approximate surface area is 222 Å². The predicted molar refractivity (Wildman–Crippen MR) is 137 cm³/mol. The molecule has 0 aliphatic heterocycles. The van der Waals surface area contributed by atoms with Crippen LogP contribution in [0.3, 0.4) is 0 Å². The summed E-state index contributed by atoms with van der Waals surface area (Å²) in [5.41, 5.74) is 2.16. The molecule has 0 amide bonds. The fourth-order valence-corrected chi connectivity index (χ4v) is 4.23. The maximum Gasteiger partial charge on any atom is 0.434 e. The van der Waals surface area contributed by atoms with Crippen molar-refractivity contribution in [1.82, 2.24) is 29.5 Å². The predicted octanol–water partition coefficient (Wildman–Crippen LogP) is 5.77. The van der Waals surface area contributed by atoms with Crippen molar-refractivity contribution in [2.45, 2.75) is 51.4 Å². The Balaban J connectivity index is 1.40. The number of aromatic nitrogens is 6. The van der Waals surface area contributed by atoms with E-state index >= 15 is 0 Å². The van der Waals surface area contributed by atoms with Crippen molar-refractivity contribution in [3.63, 3.8) is 0 Å². The first kappa shape index (κ1) is 26.1. The third kappa shape index (κ3) is 5.38. The van der Waals surface area contributed by atoms with Crippen LogP contribution in [0.2, 0.25) is 0 Å². The summed E-state index contributed by atoms with van der Waals surface area (Å²) in [6.07, 6.45) is 1.44. The number of halogens is 3. The fraction of sp³-hybridized carbons (Fsp3) is 0.333. The molecule has 3 aromatic heterocycles. The van der Waals surface area contributed by atoms with E-state index in [1.165, 1.54) is 24.2 Å². The Morgan fingerprint density at radius 3 is 2.49 bits per heavy atom. The van der Waals surface area contributed by atoms with Crippen LogP contribution < -0.4 is 10.1 Å². The van der Waals surface area contributed by atoms with Crippen LogP contribution in [0.1, 0.15) is 61.2 Å². The summed E-state index contributed by atoms with van der Waals surface area (Å²) in [4.78, 5) is 21.5. The van der Waals surface area contributed by atoms with Crippen LogP contribution in [0.4, 0.5) is 19.0 Å². The lowest BCUT2D eigenvalue weighted by Crippen LogP contribution is -2.07. The summed E-state index contributed by atoms with van der Waals surface area (Å²) in [7, 11) is 1.52. The summed E-state index contributed by atoms with van der Waals surface area (Å²) < 4.78 is 46.7. The number of ether oxygens (including phenoxy) is 1. The molecule has 1 aromatic carbocycles. The molecule has 1 aliphatic rings. The van der Waals surface area contributed by atoms with Crippen LogP contribution in [0.5, 0.6) is 5.88 Å². The van der Waals surface area contributed by atoms with E-state index in [-0.39, 0.29) is 17.4 Å². The van der Waals surface area contributed by atoms with E-state index < -0.39 is 11.9 Å². The maximum atomic E-state index is 13.3. The first-order valence-corrected chi connectivity index (χ1v) is 12.3. The van der Waals surface area contributed by atoms with E-state index in [1.54, 1.807) is 38.1 Å². The second-order valence-corrected chi connectivity index (χ2v) is 9.48. The Morgan fingerprint density at radius 2 is 1.87 bits per heavy atom. The van der Waals surface area contributed by atoms with Crippen molar-refractivity contribution in [1.29, 1.82) is 5.26 Å². The first-order chi connectivity index (χ1) is 18.7. The van der Waals surface area contributed by atoms with Crippen molar-refractivity contribution in [2.75, 3.05) is 12.4 Å². The van der Waals surface area contributed by atoms with Gasteiger partial charge in [-0.3, -0.25) is 0 Å². The van der Waals surface area contributed by atoms with E-state index in [0.29, 0.717) is 41.1 Å². The molecule has 39 heavy (non-hydrogen) atoms. The number of nitrogens with one attached hydrogen (secondary N) is 1. The molecule has 9 nitrogen and oxygen atoms in total. The zero-order valence-electron chi connectivity index (χ0n) is 21.5. The van der Waals surface area contributed by atoms with Gasteiger partial charge in [0.15, 0.2) is 11.5 Å². The number of hydrogen-bond donors (Lipinski definition) is 1. The van der Waals surface area contributed by atoms with Gasteiger partial charge < -0.3 is 14.6 Å². The Morgan fingerprint density at radius 1 is 1.13 bits per heavy atom. The molecule has 0 spiro atoms. The van der Waals surface area contributed by atoms with E-state index in [2.05, 4.69) is 36.3 Å². The number of methoxy groups -OCH3 is 1. The second kappa shape index (κ2) is 10.3. The van der Waals surface area contributed by atoms with Crippen molar-refractivity contribution < 1.29 is 17.9 Å². The molecule has 1 saturated carbocycles. The van der Waals surface area contributed by atoms with Crippen LogP contribution in [-0.4, -0.2) is 36.6 Å². The van der Waals surface area contributed by atoms with Gasteiger partial charge in [-0.2, -0.15) is 18.4 Å². The SMILES string of the molecule is COc1ncnc(C2CC2)c1-c1ncc(C#N)c(NCc2ccc(-c3nc(C(F)(F)F)cn3C(C)C)cc2)n1. The number of anilines is 1. The highest BCUT2D eigenvalue weighted by molar-refractivity contribution is 5.68. The van der Waals surface area contributed by atoms with Gasteiger partial charge in [-0.25, -0.2) is 24.9 Å². The van der Waals surface area contributed by atoms with Gasteiger partial charge in [-0.1, -0.05) is 24.3 Å². The highest BCUT2D eigenvalue weighted by Gasteiger charge is 2.35. The Kier molecular flexibility index (Phi) is 6.91. The van der Waals surface area contributed by atoms with Gasteiger partial charge in [0.2, 0.25) is 5.88 Å². The van der Waals surface area contributed by atoms with Gasteiger partial charge >= 0.3 is 6.18 Å². The van der Waals surface area contributed by atoms with Crippen LogP contribution in [0.15, 0.2) is 43.0 Å². The molecule has 12 heteroatoms. The third-order valence-electron chi connectivity index (χ3n) is 6.38. The number of imidazole rings is 1. The van der Waals surface area contributed by atoms with Crippen LogP contribution in [0.25, 0.3) is 22.8 Å². The highest BCUT2D eigenvalue weighted by Crippen LogP contribution is 2.45. The van der Waals surface area contributed by atoms with Crippen LogP contribution in [-0.2, 0) is 12.7 Å². The summed E-state index contributed by atoms with van der Waals surface area (Å²) >= 11 is 0. The minimum Gasteiger partial charge on any atom is -0.480 e. The first-order valence-electron chi connectivity index (χ1n) is 12.3. The molecule has 5 rings (SSSR count). The molecule has 0 saturated heterocycles. The van der Waals surface area contributed by atoms with Gasteiger partial charge in [0, 0.05) is 30.3 Å². The molecule has 1 N–H and O–H groups in total. The number of rotatable bonds is 8. The molecule has 0 bridgehead atoms. The maximum absolute atomic E-state index is 13.3. The molecular formula is C27H25F3N8O. The zero-order valence-corrected chi connectivity index (χ0v) is 21.5. The normalized spacial score (nSPS) is 13.4. The van der Waals surface area contributed by atoms with Crippen molar-refractivity contribution >= 4 is 5.82 Å². The highest BCUT2D eigenvalue weighted by atomic mass is 19.4. The largest absolute Gasteiger partial charge is 0.480 e. The summed E-state index contributed by atoms with van der Waals surface area (Å²) in [5, 5.41) is 12.8. The summed E-state index contributed by atoms with van der Waals surface area (Å²) in [5.74, 6) is 1.60. The molecule has 4 aromatic rings. The molecule has 1 fully saturated rings. The quantitative estimate of drug-likeness (QED) is 0.303. The number of alkyl halides is 3. The third-order valence-corrected chi connectivity index (χ3v) is 6.38. The van der Waals surface area contributed by atoms with Crippen molar-refractivity contribution in [3.8, 4) is 34.7 Å². The average Bonchev–Trinajstić information content (AvgIpc) is 3.67. The molecule has 0 atom stereocenters. The van der Waals surface area contributed by atoms with Crippen molar-refractivity contribution in [2.24, 2.45) is 0 Å². The molecular weight excluding hydrogens is 509 g/mol. The average molecular weight is 535 g/mol. The van der Waals surface area contributed by atoms with Gasteiger partial charge in [-0.05, 0) is 32.3 Å². The second-order valence-electron chi connectivity index (χ2n) is 9.48. The van der Waals surface area contributed by atoms with Gasteiger partial charge in [-0.15, -0.1) is 0 Å². The van der Waals surface area contributed by atoms with Crippen LogP contribution >= 0.6 is 0 Å². The summed E-state index contributed by atoms with van der Waals surface area (Å²) in [6, 6.07) is 8.94. The smallest absolute Gasteiger partial charge is 0.434 e. The van der Waals surface area contributed by atoms with E-state index in [4.69, 9.17) is 4.74 Å². The van der Waals surface area contributed by atoms with E-state index in [9.17, 15) is 18.4 Å². The minimum atomic E-state index is -4.52. The lowest BCUT2D eigenvalue weighted by Gasteiger charge is -2.13. The lowest BCUT2D eigenvalue weighted by atomic mass is 10.1. The van der Waals surface area contributed by atoms with Crippen molar-refractivity contribution in [3.05, 3.63) is 65.5 Å². The molecule has 200 valence electrons. The summed E-state index contributed by atoms with van der Waals surface area (Å²) in [6.45, 7) is 3.92. The fourth-order valence-electron chi connectivity index (χ4n) is 4.23. The molecule has 0 unspecified atom stereocenters. The monoisotopic (exact) mass is 534 g/mol. The molecule has 1 aliphatic carbocycles. The number of hydrogen-bond acceptors (Lipinski definition) is 8. The topological polar surface area (TPSA) is 114 Å². The Bertz CT molecular complexity index is 1540.